The Morgan fingerprint density at radius 3 is 2.10 bits per heavy atom. The minimum Gasteiger partial charge on any atom is -0.345 e. The smallest absolute Gasteiger partial charge is 0.249 e. The molecule has 0 aliphatic carbocycles. The van der Waals surface area contributed by atoms with Gasteiger partial charge < -0.3 is 5.32 Å². The number of halogens is 2. The largest absolute Gasteiger partial charge is 0.345 e. The summed E-state index contributed by atoms with van der Waals surface area (Å²) in [6.07, 6.45) is 2.79. The molecule has 1 aliphatic heterocycles. The molecule has 0 unspecified atom stereocenters. The van der Waals surface area contributed by atoms with Crippen LogP contribution in [0, 0.1) is 0 Å². The van der Waals surface area contributed by atoms with E-state index in [-0.39, 0.29) is 4.90 Å². The summed E-state index contributed by atoms with van der Waals surface area (Å²) in [6.45, 7) is 1.06. The first-order valence-corrected chi connectivity index (χ1v) is 13.7. The second kappa shape index (κ2) is 9.38. The molecule has 1 saturated heterocycles. The molecule has 0 radical (unpaired) electrons. The van der Waals surface area contributed by atoms with Crippen LogP contribution in [0.3, 0.4) is 0 Å². The summed E-state index contributed by atoms with van der Waals surface area (Å²) in [6, 6.07) is 14.2. The van der Waals surface area contributed by atoms with Crippen molar-refractivity contribution in [3.63, 3.8) is 0 Å². The maximum Gasteiger partial charge on any atom is 0.249 e. The number of nitrogens with one attached hydrogen (secondary N) is 1. The van der Waals surface area contributed by atoms with Gasteiger partial charge in [-0.25, -0.2) is 13.4 Å². The average molecular weight is 500 g/mol. The summed E-state index contributed by atoms with van der Waals surface area (Å²) in [4.78, 5) is 4.85. The Morgan fingerprint density at radius 1 is 0.867 bits per heavy atom. The Balaban J connectivity index is 1.81. The fraction of sp³-hybridized carbons (Fsp3) is 0.250. The van der Waals surface area contributed by atoms with E-state index in [2.05, 4.69) is 10.3 Å². The maximum atomic E-state index is 13.6. The van der Waals surface area contributed by atoms with Crippen LogP contribution in [0.2, 0.25) is 10.0 Å². The third-order valence-corrected chi connectivity index (χ3v) is 9.63. The van der Waals surface area contributed by atoms with Crippen LogP contribution in [0.4, 0.5) is 16.4 Å². The fourth-order valence-corrected chi connectivity index (χ4v) is 8.26. The zero-order valence-electron chi connectivity index (χ0n) is 15.8. The predicted octanol–water partition coefficient (Wildman–Crippen LogP) is 6.27. The lowest BCUT2D eigenvalue weighted by molar-refractivity contribution is 0.346. The second-order valence-electron chi connectivity index (χ2n) is 6.81. The Bertz CT molecular complexity index is 1180. The van der Waals surface area contributed by atoms with Gasteiger partial charge in [0.15, 0.2) is 4.90 Å². The molecule has 5 nitrogen and oxygen atoms in total. The van der Waals surface area contributed by atoms with Gasteiger partial charge >= 0.3 is 0 Å². The van der Waals surface area contributed by atoms with Crippen LogP contribution < -0.4 is 9.99 Å². The minimum absolute atomic E-state index is 0.226. The maximum absolute atomic E-state index is 13.6. The van der Waals surface area contributed by atoms with Gasteiger partial charge in [-0.2, -0.15) is 4.31 Å². The normalized spacial score (nSPS) is 16.0. The highest BCUT2D eigenvalue weighted by atomic mass is 35.5. The van der Waals surface area contributed by atoms with E-state index in [0.717, 1.165) is 24.9 Å². The molecular formula is C20H19Cl2N3O2S3. The van der Waals surface area contributed by atoms with E-state index in [9.17, 15) is 8.42 Å². The van der Waals surface area contributed by atoms with Crippen LogP contribution in [0.15, 0.2) is 58.4 Å². The Hall–Kier alpha value is -1.42. The molecule has 30 heavy (non-hydrogen) atoms. The molecule has 2 aromatic carbocycles. The summed E-state index contributed by atoms with van der Waals surface area (Å²) in [7, 11) is -0.994. The van der Waals surface area contributed by atoms with E-state index >= 15 is 0 Å². The van der Waals surface area contributed by atoms with Crippen molar-refractivity contribution in [2.24, 2.45) is 4.99 Å². The summed E-state index contributed by atoms with van der Waals surface area (Å²) in [5.74, 6) is 0. The predicted molar refractivity (Wildman–Crippen MR) is 126 cm³/mol. The number of sulfonamides is 1. The number of rotatable bonds is 5. The minimum atomic E-state index is -3.69. The number of hydrogen-bond donors (Lipinski definition) is 1. The molecule has 1 aromatic heterocycles. The number of benzene rings is 2. The highest BCUT2D eigenvalue weighted by Gasteiger charge is 2.31. The van der Waals surface area contributed by atoms with Gasteiger partial charge in [0.2, 0.25) is 10.0 Å². The van der Waals surface area contributed by atoms with Crippen molar-refractivity contribution in [2.45, 2.75) is 24.2 Å². The second-order valence-corrected chi connectivity index (χ2v) is 11.7. The van der Waals surface area contributed by atoms with Crippen LogP contribution in [-0.2, 0) is 10.0 Å². The van der Waals surface area contributed by atoms with E-state index in [1.54, 1.807) is 40.7 Å². The molecule has 10 heteroatoms. The van der Waals surface area contributed by atoms with Crippen molar-refractivity contribution in [2.75, 3.05) is 18.4 Å². The van der Waals surface area contributed by atoms with Gasteiger partial charge in [-0.3, -0.25) is 0 Å². The van der Waals surface area contributed by atoms with E-state index in [1.165, 1.54) is 20.7 Å². The number of piperidine rings is 1. The van der Waals surface area contributed by atoms with Crippen molar-refractivity contribution in [1.29, 1.82) is 0 Å². The Labute approximate surface area is 193 Å². The van der Waals surface area contributed by atoms with Gasteiger partial charge in [-0.1, -0.05) is 50.3 Å². The molecule has 0 spiro atoms. The molecule has 0 bridgehead atoms. The van der Waals surface area contributed by atoms with Crippen molar-refractivity contribution in [3.8, 4) is 0 Å². The molecule has 1 aliphatic rings. The average Bonchev–Trinajstić information content (AvgIpc) is 3.15. The standard InChI is InChI=1S/C20H19Cl2N3O2S3/c21-14-4-8-16(9-5-14)23-19-18(30(26,27)25-12-2-1-3-13-25)20(29-28-19)24-17-10-6-15(22)7-11-17/h4-11,23H,1-3,12-13H2. The first kappa shape index (κ1) is 21.8. The van der Waals surface area contributed by atoms with Gasteiger partial charge in [-0.05, 0) is 61.4 Å². The van der Waals surface area contributed by atoms with Crippen molar-refractivity contribution in [1.82, 2.24) is 4.31 Å². The fourth-order valence-electron chi connectivity index (χ4n) is 3.16. The van der Waals surface area contributed by atoms with Gasteiger partial charge in [-0.15, -0.1) is 0 Å². The SMILES string of the molecule is O=S(=O)(c1c(Nc2ccc(Cl)cc2)ssc1=Nc1ccc(Cl)cc1)N1CCCCC1. The molecule has 0 saturated carbocycles. The highest BCUT2D eigenvalue weighted by molar-refractivity contribution is 7.90. The van der Waals surface area contributed by atoms with E-state index < -0.39 is 10.0 Å². The Kier molecular flexibility index (Phi) is 6.81. The van der Waals surface area contributed by atoms with Gasteiger partial charge in [0.25, 0.3) is 0 Å². The quantitative estimate of drug-likeness (QED) is 0.420. The molecule has 4 rings (SSSR count). The van der Waals surface area contributed by atoms with E-state index in [0.29, 0.717) is 38.5 Å². The van der Waals surface area contributed by atoms with Gasteiger partial charge in [0, 0.05) is 28.8 Å². The van der Waals surface area contributed by atoms with Crippen LogP contribution in [0.1, 0.15) is 19.3 Å². The summed E-state index contributed by atoms with van der Waals surface area (Å²) >= 11 is 11.9. The van der Waals surface area contributed by atoms with Crippen LogP contribution >= 0.6 is 43.9 Å². The van der Waals surface area contributed by atoms with E-state index in [1.807, 2.05) is 12.1 Å². The van der Waals surface area contributed by atoms with Crippen molar-refractivity contribution in [3.05, 3.63) is 63.2 Å². The molecular weight excluding hydrogens is 481 g/mol. The summed E-state index contributed by atoms with van der Waals surface area (Å²) in [5.41, 5.74) is 1.42. The lowest BCUT2D eigenvalue weighted by Gasteiger charge is -2.25. The topological polar surface area (TPSA) is 61.8 Å². The molecule has 0 atom stereocenters. The molecule has 0 amide bonds. The molecule has 158 valence electrons. The summed E-state index contributed by atoms with van der Waals surface area (Å²) in [5, 5.41) is 5.03. The lowest BCUT2D eigenvalue weighted by atomic mass is 10.2. The van der Waals surface area contributed by atoms with Crippen LogP contribution in [-0.4, -0.2) is 25.8 Å². The molecule has 1 fully saturated rings. The van der Waals surface area contributed by atoms with E-state index in [4.69, 9.17) is 23.2 Å². The van der Waals surface area contributed by atoms with Crippen molar-refractivity contribution < 1.29 is 8.42 Å². The first-order valence-electron chi connectivity index (χ1n) is 9.40. The van der Waals surface area contributed by atoms with Gasteiger partial charge in [0.05, 0.1) is 5.69 Å². The Morgan fingerprint density at radius 2 is 1.47 bits per heavy atom. The van der Waals surface area contributed by atoms with Crippen molar-refractivity contribution >= 4 is 70.3 Å². The zero-order chi connectivity index (χ0) is 21.1. The summed E-state index contributed by atoms with van der Waals surface area (Å²) < 4.78 is 29.2. The third-order valence-electron chi connectivity index (χ3n) is 4.68. The number of hydrogen-bond acceptors (Lipinski definition) is 6. The number of anilines is 2. The monoisotopic (exact) mass is 499 g/mol. The first-order chi connectivity index (χ1) is 14.4. The van der Waals surface area contributed by atoms with Gasteiger partial charge in [0.1, 0.15) is 9.67 Å². The lowest BCUT2D eigenvalue weighted by Crippen LogP contribution is -2.37. The molecule has 3 aromatic rings. The zero-order valence-corrected chi connectivity index (χ0v) is 19.8. The molecule has 1 N–H and O–H groups in total. The third kappa shape index (κ3) is 4.90. The number of nitrogens with zero attached hydrogens (tertiary/aromatic N) is 2. The van der Waals surface area contributed by atoms with Crippen LogP contribution in [0.5, 0.6) is 0 Å². The molecule has 2 heterocycles. The van der Waals surface area contributed by atoms with Crippen LogP contribution in [0.25, 0.3) is 0 Å². The highest BCUT2D eigenvalue weighted by Crippen LogP contribution is 2.34.